The van der Waals surface area contributed by atoms with Crippen molar-refractivity contribution in [3.8, 4) is 11.1 Å². The fourth-order valence-corrected chi connectivity index (χ4v) is 1.57. The number of nitrogens with one attached hydrogen (secondary N) is 1. The van der Waals surface area contributed by atoms with Gasteiger partial charge in [-0.25, -0.2) is 8.78 Å². The zero-order valence-electron chi connectivity index (χ0n) is 9.08. The van der Waals surface area contributed by atoms with Crippen LogP contribution >= 0.6 is 12.4 Å². The van der Waals surface area contributed by atoms with Gasteiger partial charge in [0.15, 0.2) is 0 Å². The van der Waals surface area contributed by atoms with Crippen LogP contribution in [0.3, 0.4) is 0 Å². The second-order valence-electron chi connectivity index (χ2n) is 3.27. The number of halogens is 3. The first-order valence-electron chi connectivity index (χ1n) is 4.80. The average molecular weight is 257 g/mol. The molecule has 0 saturated carbocycles. The molecular weight excluding hydrogens is 246 g/mol. The molecule has 0 aliphatic heterocycles. The van der Waals surface area contributed by atoms with Crippen molar-refractivity contribution in [3.63, 3.8) is 0 Å². The molecular formula is C12H11ClF2N2. The third kappa shape index (κ3) is 2.53. The lowest BCUT2D eigenvalue weighted by atomic mass is 10.0. The lowest BCUT2D eigenvalue weighted by molar-refractivity contribution is 0.589. The summed E-state index contributed by atoms with van der Waals surface area (Å²) < 4.78 is 27.1. The highest BCUT2D eigenvalue weighted by molar-refractivity contribution is 5.85. The molecule has 0 saturated heterocycles. The molecule has 0 bridgehead atoms. The third-order valence-corrected chi connectivity index (χ3v) is 2.32. The van der Waals surface area contributed by atoms with E-state index in [1.54, 1.807) is 13.1 Å². The minimum Gasteiger partial charge on any atom is -0.386 e. The maximum absolute atomic E-state index is 13.6. The quantitative estimate of drug-likeness (QED) is 0.890. The van der Waals surface area contributed by atoms with E-state index >= 15 is 0 Å². The van der Waals surface area contributed by atoms with Gasteiger partial charge in [-0.05, 0) is 18.2 Å². The highest BCUT2D eigenvalue weighted by Crippen LogP contribution is 2.30. The summed E-state index contributed by atoms with van der Waals surface area (Å²) in [5.41, 5.74) is 1.02. The highest BCUT2D eigenvalue weighted by Gasteiger charge is 2.13. The van der Waals surface area contributed by atoms with E-state index in [-0.39, 0.29) is 18.0 Å². The molecule has 1 aromatic heterocycles. The van der Waals surface area contributed by atoms with Crippen molar-refractivity contribution in [2.24, 2.45) is 0 Å². The van der Waals surface area contributed by atoms with Crippen molar-refractivity contribution in [3.05, 3.63) is 48.3 Å². The van der Waals surface area contributed by atoms with E-state index < -0.39 is 11.6 Å². The fourth-order valence-electron chi connectivity index (χ4n) is 1.57. The van der Waals surface area contributed by atoms with Crippen LogP contribution in [0.25, 0.3) is 11.1 Å². The normalized spacial score (nSPS) is 9.59. The Kier molecular flexibility index (Phi) is 4.40. The zero-order valence-corrected chi connectivity index (χ0v) is 9.89. The van der Waals surface area contributed by atoms with Gasteiger partial charge in [0.25, 0.3) is 0 Å². The summed E-state index contributed by atoms with van der Waals surface area (Å²) in [7, 11) is 1.68. The van der Waals surface area contributed by atoms with E-state index in [1.807, 2.05) is 0 Å². The number of aromatic nitrogens is 1. The van der Waals surface area contributed by atoms with Crippen LogP contribution in [-0.2, 0) is 0 Å². The van der Waals surface area contributed by atoms with Crippen molar-refractivity contribution in [2.45, 2.75) is 0 Å². The molecule has 17 heavy (non-hydrogen) atoms. The summed E-state index contributed by atoms with van der Waals surface area (Å²) in [6.07, 6.45) is 3.03. The van der Waals surface area contributed by atoms with E-state index in [2.05, 4.69) is 10.3 Å². The number of anilines is 1. The maximum Gasteiger partial charge on any atom is 0.134 e. The molecule has 2 aromatic rings. The summed E-state index contributed by atoms with van der Waals surface area (Å²) in [4.78, 5) is 3.89. The van der Waals surface area contributed by atoms with Gasteiger partial charge in [-0.2, -0.15) is 0 Å². The van der Waals surface area contributed by atoms with Crippen LogP contribution in [0.4, 0.5) is 14.5 Å². The molecule has 1 aromatic carbocycles. The van der Waals surface area contributed by atoms with Gasteiger partial charge in [-0.15, -0.1) is 12.4 Å². The SMILES string of the molecule is CNc1cnccc1-c1c(F)cccc1F.Cl. The predicted octanol–water partition coefficient (Wildman–Crippen LogP) is 3.49. The highest BCUT2D eigenvalue weighted by atomic mass is 35.5. The second kappa shape index (κ2) is 5.59. The summed E-state index contributed by atoms with van der Waals surface area (Å²) >= 11 is 0. The number of benzene rings is 1. The summed E-state index contributed by atoms with van der Waals surface area (Å²) in [5.74, 6) is -1.16. The molecule has 0 aliphatic rings. The number of nitrogens with zero attached hydrogens (tertiary/aromatic N) is 1. The van der Waals surface area contributed by atoms with E-state index in [0.29, 0.717) is 11.3 Å². The van der Waals surface area contributed by atoms with Gasteiger partial charge in [-0.3, -0.25) is 4.98 Å². The Hall–Kier alpha value is -1.68. The second-order valence-corrected chi connectivity index (χ2v) is 3.27. The lowest BCUT2D eigenvalue weighted by Crippen LogP contribution is -1.96. The number of hydrogen-bond donors (Lipinski definition) is 1. The lowest BCUT2D eigenvalue weighted by Gasteiger charge is -2.09. The van der Waals surface area contributed by atoms with Crippen molar-refractivity contribution in [1.29, 1.82) is 0 Å². The topological polar surface area (TPSA) is 24.9 Å². The van der Waals surface area contributed by atoms with Crippen LogP contribution in [0.1, 0.15) is 0 Å². The number of hydrogen-bond acceptors (Lipinski definition) is 2. The van der Waals surface area contributed by atoms with Crippen molar-refractivity contribution in [2.75, 3.05) is 12.4 Å². The summed E-state index contributed by atoms with van der Waals surface area (Å²) in [6.45, 7) is 0. The van der Waals surface area contributed by atoms with Crippen molar-refractivity contribution >= 4 is 18.1 Å². The number of rotatable bonds is 2. The van der Waals surface area contributed by atoms with Crippen molar-refractivity contribution in [1.82, 2.24) is 4.98 Å². The smallest absolute Gasteiger partial charge is 0.134 e. The van der Waals surface area contributed by atoms with Gasteiger partial charge < -0.3 is 5.32 Å². The van der Waals surface area contributed by atoms with Crippen LogP contribution in [0.2, 0.25) is 0 Å². The molecule has 0 radical (unpaired) electrons. The summed E-state index contributed by atoms with van der Waals surface area (Å²) in [6, 6.07) is 5.39. The Morgan fingerprint density at radius 1 is 1.12 bits per heavy atom. The van der Waals surface area contributed by atoms with Crippen LogP contribution < -0.4 is 5.32 Å². The van der Waals surface area contributed by atoms with E-state index in [1.165, 1.54) is 30.6 Å². The molecule has 1 heterocycles. The Morgan fingerprint density at radius 2 is 1.76 bits per heavy atom. The van der Waals surface area contributed by atoms with Crippen LogP contribution in [0.15, 0.2) is 36.7 Å². The molecule has 90 valence electrons. The molecule has 0 atom stereocenters. The van der Waals surface area contributed by atoms with Gasteiger partial charge in [-0.1, -0.05) is 6.07 Å². The zero-order chi connectivity index (χ0) is 11.5. The Morgan fingerprint density at radius 3 is 2.35 bits per heavy atom. The van der Waals surface area contributed by atoms with Crippen LogP contribution in [0.5, 0.6) is 0 Å². The largest absolute Gasteiger partial charge is 0.386 e. The van der Waals surface area contributed by atoms with Gasteiger partial charge >= 0.3 is 0 Å². The molecule has 0 fully saturated rings. The van der Waals surface area contributed by atoms with E-state index in [0.717, 1.165) is 0 Å². The van der Waals surface area contributed by atoms with Gasteiger partial charge in [0, 0.05) is 18.8 Å². The molecule has 1 N–H and O–H groups in total. The average Bonchev–Trinajstić information content (AvgIpc) is 2.29. The molecule has 5 heteroatoms. The minimum absolute atomic E-state index is 0. The Bertz CT molecular complexity index is 497. The molecule has 0 unspecified atom stereocenters. The first kappa shape index (κ1) is 13.4. The molecule has 0 aliphatic carbocycles. The summed E-state index contributed by atoms with van der Waals surface area (Å²) in [5, 5.41) is 2.85. The first-order valence-corrected chi connectivity index (χ1v) is 4.80. The molecule has 2 rings (SSSR count). The fraction of sp³-hybridized carbons (Fsp3) is 0.0833. The predicted molar refractivity (Wildman–Crippen MR) is 66.4 cm³/mol. The van der Waals surface area contributed by atoms with Gasteiger partial charge in [0.2, 0.25) is 0 Å². The minimum atomic E-state index is -0.581. The van der Waals surface area contributed by atoms with Crippen LogP contribution in [0, 0.1) is 11.6 Å². The Labute approximate surface area is 104 Å². The monoisotopic (exact) mass is 256 g/mol. The standard InChI is InChI=1S/C12H10F2N2.ClH/c1-15-11-7-16-6-5-8(11)12-9(13)3-2-4-10(12)14;/h2-7,15H,1H3;1H. The first-order chi connectivity index (χ1) is 7.74. The molecule has 2 nitrogen and oxygen atoms in total. The van der Waals surface area contributed by atoms with Crippen LogP contribution in [-0.4, -0.2) is 12.0 Å². The Balaban J connectivity index is 0.00000144. The molecule has 0 spiro atoms. The van der Waals surface area contributed by atoms with Gasteiger partial charge in [0.1, 0.15) is 11.6 Å². The van der Waals surface area contributed by atoms with E-state index in [4.69, 9.17) is 0 Å². The van der Waals surface area contributed by atoms with Gasteiger partial charge in [0.05, 0.1) is 17.4 Å². The molecule has 0 amide bonds. The van der Waals surface area contributed by atoms with Crippen molar-refractivity contribution < 1.29 is 8.78 Å². The number of pyridine rings is 1. The van der Waals surface area contributed by atoms with E-state index in [9.17, 15) is 8.78 Å². The third-order valence-electron chi connectivity index (χ3n) is 2.32. The maximum atomic E-state index is 13.6.